The Hall–Kier alpha value is -1.27. The van der Waals surface area contributed by atoms with Gasteiger partial charge in [-0.25, -0.2) is 0 Å². The zero-order chi connectivity index (χ0) is 8.97. The molecule has 0 amide bonds. The van der Waals surface area contributed by atoms with E-state index in [1.807, 2.05) is 0 Å². The van der Waals surface area contributed by atoms with Crippen molar-refractivity contribution in [2.45, 2.75) is 13.1 Å². The number of hydrogen-bond acceptors (Lipinski definition) is 1. The molecule has 0 aromatic carbocycles. The van der Waals surface area contributed by atoms with Crippen LogP contribution in [0.2, 0.25) is 13.1 Å². The van der Waals surface area contributed by atoms with Crippen molar-refractivity contribution in [3.63, 3.8) is 0 Å². The fourth-order valence-electron chi connectivity index (χ4n) is 0.720. The molecule has 1 radical (unpaired) electrons. The average molecular weight is 176 g/mol. The third-order valence-corrected chi connectivity index (χ3v) is 1.86. The summed E-state index contributed by atoms with van der Waals surface area (Å²) >= 11 is 0. The van der Waals surface area contributed by atoms with E-state index in [-0.39, 0.29) is 5.56 Å². The van der Waals surface area contributed by atoms with Gasteiger partial charge in [-0.1, -0.05) is 19.0 Å². The van der Waals surface area contributed by atoms with Gasteiger partial charge in [0.2, 0.25) is 5.56 Å². The summed E-state index contributed by atoms with van der Waals surface area (Å²) in [5, 5.41) is 0. The van der Waals surface area contributed by atoms with E-state index in [0.717, 1.165) is 5.56 Å². The van der Waals surface area contributed by atoms with Crippen LogP contribution in [-0.2, 0) is 0 Å². The van der Waals surface area contributed by atoms with Crippen LogP contribution in [0.15, 0.2) is 23.1 Å². The molecule has 0 saturated heterocycles. The van der Waals surface area contributed by atoms with E-state index in [0.29, 0.717) is 0 Å². The van der Waals surface area contributed by atoms with E-state index in [2.05, 4.69) is 29.5 Å². The molecule has 0 bridgehead atoms. The van der Waals surface area contributed by atoms with Crippen LogP contribution in [0, 0.1) is 11.5 Å². The lowest BCUT2D eigenvalue weighted by Crippen LogP contribution is -2.02. The van der Waals surface area contributed by atoms with Gasteiger partial charge in [-0.05, 0) is 6.07 Å². The molecule has 1 rings (SSSR count). The summed E-state index contributed by atoms with van der Waals surface area (Å²) in [5.41, 5.74) is 3.79. The molecule has 61 valence electrons. The predicted molar refractivity (Wildman–Crippen MR) is 51.4 cm³/mol. The zero-order valence-corrected chi connectivity index (χ0v) is 8.14. The molecule has 0 atom stereocenters. The molecule has 3 heteroatoms. The van der Waals surface area contributed by atoms with Gasteiger partial charge in [-0.2, -0.15) is 0 Å². The molecule has 1 aromatic rings. The first kappa shape index (κ1) is 8.82. The lowest BCUT2D eigenvalue weighted by molar-refractivity contribution is 1.23. The summed E-state index contributed by atoms with van der Waals surface area (Å²) in [6.45, 7) is 4.23. The van der Waals surface area contributed by atoms with Crippen LogP contribution in [0.4, 0.5) is 0 Å². The maximum absolute atomic E-state index is 10.8. The summed E-state index contributed by atoms with van der Waals surface area (Å²) in [4.78, 5) is 13.4. The maximum atomic E-state index is 10.8. The van der Waals surface area contributed by atoms with Crippen molar-refractivity contribution in [1.82, 2.24) is 4.98 Å². The lowest BCUT2D eigenvalue weighted by atomic mass is 10.3. The molecule has 0 saturated carbocycles. The van der Waals surface area contributed by atoms with Gasteiger partial charge in [0.05, 0.1) is 0 Å². The Labute approximate surface area is 73.2 Å². The van der Waals surface area contributed by atoms with Crippen LogP contribution in [0.3, 0.4) is 0 Å². The van der Waals surface area contributed by atoms with Crippen molar-refractivity contribution >= 4 is 8.80 Å². The summed E-state index contributed by atoms with van der Waals surface area (Å²) in [6, 6.07) is 3.32. The highest BCUT2D eigenvalue weighted by Gasteiger charge is 1.88. The van der Waals surface area contributed by atoms with Crippen molar-refractivity contribution < 1.29 is 0 Å². The van der Waals surface area contributed by atoms with Gasteiger partial charge < -0.3 is 4.98 Å². The molecule has 12 heavy (non-hydrogen) atoms. The normalized spacial score (nSPS) is 9.25. The molecular formula is C9H10NOSi. The molecule has 0 unspecified atom stereocenters. The second kappa shape index (κ2) is 3.93. The number of H-pyrrole nitrogens is 1. The summed E-state index contributed by atoms with van der Waals surface area (Å²) in [6.07, 6.45) is 1.62. The van der Waals surface area contributed by atoms with Gasteiger partial charge in [0, 0.05) is 17.8 Å². The zero-order valence-electron chi connectivity index (χ0n) is 7.14. The van der Waals surface area contributed by atoms with Crippen LogP contribution in [0.25, 0.3) is 0 Å². The Bertz CT molecular complexity index is 370. The van der Waals surface area contributed by atoms with Crippen LogP contribution in [0.1, 0.15) is 5.56 Å². The smallest absolute Gasteiger partial charge is 0.249 e. The number of aromatic nitrogens is 1. The Morgan fingerprint density at radius 2 is 2.25 bits per heavy atom. The molecule has 0 fully saturated rings. The van der Waals surface area contributed by atoms with E-state index < -0.39 is 8.80 Å². The molecule has 2 nitrogen and oxygen atoms in total. The number of rotatable bonds is 0. The van der Waals surface area contributed by atoms with E-state index in [1.165, 1.54) is 6.07 Å². The standard InChI is InChI=1S/C9H10NOSi/c1-12(2)6-4-8-3-5-10-9(11)7-8/h3,5,7H,1-2H3,(H,10,11). The number of nitrogens with one attached hydrogen (secondary N) is 1. The Morgan fingerprint density at radius 1 is 1.50 bits per heavy atom. The van der Waals surface area contributed by atoms with Crippen molar-refractivity contribution in [2.75, 3.05) is 0 Å². The van der Waals surface area contributed by atoms with Crippen molar-refractivity contribution in [3.8, 4) is 11.5 Å². The van der Waals surface area contributed by atoms with E-state index >= 15 is 0 Å². The van der Waals surface area contributed by atoms with Crippen molar-refractivity contribution in [1.29, 1.82) is 0 Å². The number of pyridine rings is 1. The topological polar surface area (TPSA) is 32.9 Å². The van der Waals surface area contributed by atoms with Crippen LogP contribution >= 0.6 is 0 Å². The summed E-state index contributed by atoms with van der Waals surface area (Å²) < 4.78 is 0. The SMILES string of the molecule is C[Si](C)C#Cc1cc[nH]c(=O)c1. The molecule has 0 aliphatic heterocycles. The third-order valence-electron chi connectivity index (χ3n) is 1.23. The van der Waals surface area contributed by atoms with Crippen molar-refractivity contribution in [3.05, 3.63) is 34.2 Å². The second-order valence-electron chi connectivity index (χ2n) is 2.69. The molecule has 1 N–H and O–H groups in total. The monoisotopic (exact) mass is 176 g/mol. The third kappa shape index (κ3) is 2.77. The fraction of sp³-hybridized carbons (Fsp3) is 0.222. The predicted octanol–water partition coefficient (Wildman–Crippen LogP) is 1.02. The van der Waals surface area contributed by atoms with Crippen LogP contribution < -0.4 is 5.56 Å². The molecule has 1 heterocycles. The highest BCUT2D eigenvalue weighted by molar-refractivity contribution is 6.64. The lowest BCUT2D eigenvalue weighted by Gasteiger charge is -1.87. The highest BCUT2D eigenvalue weighted by atomic mass is 28.3. The van der Waals surface area contributed by atoms with E-state index in [1.54, 1.807) is 12.3 Å². The summed E-state index contributed by atoms with van der Waals surface area (Å²) in [7, 11) is -0.518. The van der Waals surface area contributed by atoms with Gasteiger partial charge in [0.1, 0.15) is 8.80 Å². The highest BCUT2D eigenvalue weighted by Crippen LogP contribution is 1.88. The fourth-order valence-corrected chi connectivity index (χ4v) is 1.11. The Kier molecular flexibility index (Phi) is 2.89. The number of aromatic amines is 1. The maximum Gasteiger partial charge on any atom is 0.249 e. The van der Waals surface area contributed by atoms with E-state index in [9.17, 15) is 4.79 Å². The first-order chi connectivity index (χ1) is 5.68. The quantitative estimate of drug-likeness (QED) is 0.464. The van der Waals surface area contributed by atoms with Crippen LogP contribution in [0.5, 0.6) is 0 Å². The second-order valence-corrected chi connectivity index (χ2v) is 4.94. The first-order valence-corrected chi connectivity index (χ1v) is 6.19. The average Bonchev–Trinajstić information content (AvgIpc) is 2.01. The Morgan fingerprint density at radius 3 is 2.83 bits per heavy atom. The van der Waals surface area contributed by atoms with Gasteiger partial charge in [-0.15, -0.1) is 5.54 Å². The minimum Gasteiger partial charge on any atom is -0.329 e. The summed E-state index contributed by atoms with van der Waals surface area (Å²) in [5.74, 6) is 2.96. The molecule has 0 spiro atoms. The Balaban J connectivity index is 2.93. The van der Waals surface area contributed by atoms with Gasteiger partial charge in [-0.3, -0.25) is 4.79 Å². The van der Waals surface area contributed by atoms with E-state index in [4.69, 9.17) is 0 Å². The van der Waals surface area contributed by atoms with Gasteiger partial charge in [0.15, 0.2) is 0 Å². The minimum absolute atomic E-state index is 0.0946. The molecule has 1 aromatic heterocycles. The van der Waals surface area contributed by atoms with Crippen LogP contribution in [-0.4, -0.2) is 13.8 Å². The molecule has 0 aliphatic carbocycles. The number of hydrogen-bond donors (Lipinski definition) is 1. The largest absolute Gasteiger partial charge is 0.329 e. The van der Waals surface area contributed by atoms with Crippen molar-refractivity contribution in [2.24, 2.45) is 0 Å². The van der Waals surface area contributed by atoms with Gasteiger partial charge in [0.25, 0.3) is 0 Å². The first-order valence-electron chi connectivity index (χ1n) is 3.69. The minimum atomic E-state index is -0.518. The van der Waals surface area contributed by atoms with Gasteiger partial charge >= 0.3 is 0 Å². The molecule has 0 aliphatic rings. The molecular weight excluding hydrogens is 166 g/mol.